The van der Waals surface area contributed by atoms with Crippen molar-refractivity contribution in [3.8, 4) is 17.0 Å². The maximum Gasteiger partial charge on any atom is 0.123 e. The summed E-state index contributed by atoms with van der Waals surface area (Å²) in [6.07, 6.45) is 2.78. The van der Waals surface area contributed by atoms with Crippen LogP contribution >= 0.6 is 11.6 Å². The lowest BCUT2D eigenvalue weighted by Crippen LogP contribution is -1.98. The van der Waals surface area contributed by atoms with E-state index in [2.05, 4.69) is 24.0 Å². The van der Waals surface area contributed by atoms with Crippen molar-refractivity contribution in [2.75, 3.05) is 7.11 Å². The molecule has 2 aromatic heterocycles. The van der Waals surface area contributed by atoms with E-state index in [-0.39, 0.29) is 0 Å². The first-order valence-electron chi connectivity index (χ1n) is 7.68. The lowest BCUT2D eigenvalue weighted by molar-refractivity contribution is 0.412. The molecule has 0 bridgehead atoms. The second-order valence-corrected chi connectivity index (χ2v) is 6.53. The predicted molar refractivity (Wildman–Crippen MR) is 94.2 cm³/mol. The Morgan fingerprint density at radius 1 is 1.30 bits per heavy atom. The van der Waals surface area contributed by atoms with Crippen LogP contribution in [-0.4, -0.2) is 22.3 Å². The third-order valence-corrected chi connectivity index (χ3v) is 4.26. The molecule has 0 radical (unpaired) electrons. The minimum absolute atomic E-state index is 0.523. The fourth-order valence-electron chi connectivity index (χ4n) is 2.81. The summed E-state index contributed by atoms with van der Waals surface area (Å²) in [5, 5.41) is 8.94. The fourth-order valence-corrected chi connectivity index (χ4v) is 3.07. The quantitative estimate of drug-likeness (QED) is 0.748. The molecule has 0 fully saturated rings. The highest BCUT2D eigenvalue weighted by atomic mass is 35.5. The monoisotopic (exact) mass is 329 g/mol. The number of benzene rings is 1. The first-order valence-corrected chi connectivity index (χ1v) is 8.06. The van der Waals surface area contributed by atoms with Gasteiger partial charge in [-0.2, -0.15) is 5.10 Å². The molecule has 4 nitrogen and oxygen atoms in total. The summed E-state index contributed by atoms with van der Waals surface area (Å²) in [6.45, 7) is 6.35. The highest BCUT2D eigenvalue weighted by Gasteiger charge is 2.15. The van der Waals surface area contributed by atoms with E-state index >= 15 is 0 Å². The number of H-pyrrole nitrogens is 1. The molecule has 3 aromatic rings. The summed E-state index contributed by atoms with van der Waals surface area (Å²) >= 11 is 6.49. The smallest absolute Gasteiger partial charge is 0.123 e. The predicted octanol–water partition coefficient (Wildman–Crippen LogP) is 4.79. The molecule has 0 saturated heterocycles. The van der Waals surface area contributed by atoms with Crippen LogP contribution in [0, 0.1) is 12.8 Å². The third kappa shape index (κ3) is 2.91. The van der Waals surface area contributed by atoms with Gasteiger partial charge in [-0.3, -0.25) is 5.10 Å². The number of methoxy groups -OCH3 is 1. The number of pyridine rings is 1. The standard InChI is InChI=1S/C18H20ClN3O/c1-10(2)7-16-13(9-20-22-16)15-8-14(19)12-5-6-17(23-4)11(3)18(12)21-15/h5-6,8-10H,7H2,1-4H3,(H,20,22). The lowest BCUT2D eigenvalue weighted by atomic mass is 10.0. The zero-order valence-electron chi connectivity index (χ0n) is 13.8. The Balaban J connectivity index is 2.20. The summed E-state index contributed by atoms with van der Waals surface area (Å²) in [5.41, 5.74) is 4.71. The number of hydrogen-bond donors (Lipinski definition) is 1. The number of rotatable bonds is 4. The van der Waals surface area contributed by atoms with E-state index in [1.807, 2.05) is 31.3 Å². The minimum atomic E-state index is 0.523. The molecule has 0 spiro atoms. The number of aromatic amines is 1. The Labute approximate surface area is 140 Å². The van der Waals surface area contributed by atoms with Gasteiger partial charge in [0.25, 0.3) is 0 Å². The largest absolute Gasteiger partial charge is 0.496 e. The van der Waals surface area contributed by atoms with E-state index in [0.717, 1.165) is 45.6 Å². The van der Waals surface area contributed by atoms with Gasteiger partial charge in [-0.05, 0) is 37.5 Å². The first kappa shape index (κ1) is 15.8. The second-order valence-electron chi connectivity index (χ2n) is 6.12. The van der Waals surface area contributed by atoms with Crippen LogP contribution in [-0.2, 0) is 6.42 Å². The van der Waals surface area contributed by atoms with Crippen LogP contribution < -0.4 is 4.74 Å². The van der Waals surface area contributed by atoms with E-state index in [0.29, 0.717) is 10.9 Å². The Morgan fingerprint density at radius 2 is 2.09 bits per heavy atom. The number of aromatic nitrogens is 3. The van der Waals surface area contributed by atoms with E-state index in [4.69, 9.17) is 21.3 Å². The van der Waals surface area contributed by atoms with Gasteiger partial charge in [0.1, 0.15) is 5.75 Å². The second kappa shape index (κ2) is 6.20. The van der Waals surface area contributed by atoms with E-state index in [9.17, 15) is 0 Å². The van der Waals surface area contributed by atoms with Gasteiger partial charge in [-0.15, -0.1) is 0 Å². The van der Waals surface area contributed by atoms with Crippen LogP contribution in [0.2, 0.25) is 5.02 Å². The molecule has 0 saturated carbocycles. The first-order chi connectivity index (χ1) is 11.0. The molecule has 120 valence electrons. The number of aryl methyl sites for hydroxylation is 1. The summed E-state index contributed by atoms with van der Waals surface area (Å²) in [7, 11) is 1.66. The molecule has 1 N–H and O–H groups in total. The van der Waals surface area contributed by atoms with Crippen LogP contribution in [0.4, 0.5) is 0 Å². The number of hydrogen-bond acceptors (Lipinski definition) is 3. The zero-order valence-corrected chi connectivity index (χ0v) is 14.5. The molecule has 5 heteroatoms. The molecule has 0 aliphatic rings. The minimum Gasteiger partial charge on any atom is -0.496 e. The maximum atomic E-state index is 6.49. The molecule has 0 unspecified atom stereocenters. The van der Waals surface area contributed by atoms with Crippen molar-refractivity contribution in [3.05, 3.63) is 40.7 Å². The summed E-state index contributed by atoms with van der Waals surface area (Å²) in [6, 6.07) is 5.78. The molecular formula is C18H20ClN3O. The number of fused-ring (bicyclic) bond motifs is 1. The van der Waals surface area contributed by atoms with Crippen molar-refractivity contribution in [1.82, 2.24) is 15.2 Å². The van der Waals surface area contributed by atoms with Crippen molar-refractivity contribution in [2.45, 2.75) is 27.2 Å². The van der Waals surface area contributed by atoms with Crippen molar-refractivity contribution < 1.29 is 4.74 Å². The average Bonchev–Trinajstić information content (AvgIpc) is 2.95. The molecule has 0 atom stereocenters. The van der Waals surface area contributed by atoms with Crippen molar-refractivity contribution in [2.24, 2.45) is 5.92 Å². The van der Waals surface area contributed by atoms with Gasteiger partial charge in [0.05, 0.1) is 29.0 Å². The Morgan fingerprint density at radius 3 is 2.78 bits per heavy atom. The molecule has 0 aliphatic heterocycles. The molecule has 0 amide bonds. The SMILES string of the molecule is COc1ccc2c(Cl)cc(-c3c[nH]nc3CC(C)C)nc2c1C. The fraction of sp³-hybridized carbons (Fsp3) is 0.333. The number of halogens is 1. The van der Waals surface area contributed by atoms with Gasteiger partial charge < -0.3 is 4.74 Å². The van der Waals surface area contributed by atoms with Gasteiger partial charge in [0, 0.05) is 22.7 Å². The van der Waals surface area contributed by atoms with Gasteiger partial charge in [-0.1, -0.05) is 25.4 Å². The number of ether oxygens (including phenoxy) is 1. The van der Waals surface area contributed by atoms with E-state index in [1.165, 1.54) is 0 Å². The van der Waals surface area contributed by atoms with Gasteiger partial charge >= 0.3 is 0 Å². The number of nitrogens with zero attached hydrogens (tertiary/aromatic N) is 2. The molecule has 23 heavy (non-hydrogen) atoms. The average molecular weight is 330 g/mol. The van der Waals surface area contributed by atoms with Gasteiger partial charge in [-0.25, -0.2) is 4.98 Å². The highest BCUT2D eigenvalue weighted by molar-refractivity contribution is 6.35. The van der Waals surface area contributed by atoms with Crippen molar-refractivity contribution in [3.63, 3.8) is 0 Å². The molecule has 2 heterocycles. The lowest BCUT2D eigenvalue weighted by Gasteiger charge is -2.11. The molecule has 0 aliphatic carbocycles. The van der Waals surface area contributed by atoms with Crippen molar-refractivity contribution >= 4 is 22.5 Å². The molecular weight excluding hydrogens is 310 g/mol. The highest BCUT2D eigenvalue weighted by Crippen LogP contribution is 2.34. The Bertz CT molecular complexity index is 855. The Hall–Kier alpha value is -2.07. The normalized spacial score (nSPS) is 11.4. The molecule has 3 rings (SSSR count). The molecule has 1 aromatic carbocycles. The summed E-state index contributed by atoms with van der Waals surface area (Å²) < 4.78 is 5.40. The topological polar surface area (TPSA) is 50.8 Å². The summed E-state index contributed by atoms with van der Waals surface area (Å²) in [5.74, 6) is 1.34. The van der Waals surface area contributed by atoms with E-state index in [1.54, 1.807) is 7.11 Å². The maximum absolute atomic E-state index is 6.49. The van der Waals surface area contributed by atoms with Crippen LogP contribution in [0.3, 0.4) is 0 Å². The van der Waals surface area contributed by atoms with Crippen LogP contribution in [0.15, 0.2) is 24.4 Å². The third-order valence-electron chi connectivity index (χ3n) is 3.95. The van der Waals surface area contributed by atoms with Crippen LogP contribution in [0.5, 0.6) is 5.75 Å². The van der Waals surface area contributed by atoms with Crippen LogP contribution in [0.1, 0.15) is 25.1 Å². The van der Waals surface area contributed by atoms with E-state index < -0.39 is 0 Å². The van der Waals surface area contributed by atoms with Crippen molar-refractivity contribution in [1.29, 1.82) is 0 Å². The Kier molecular flexibility index (Phi) is 4.26. The van der Waals surface area contributed by atoms with Gasteiger partial charge in [0.15, 0.2) is 0 Å². The van der Waals surface area contributed by atoms with Crippen LogP contribution in [0.25, 0.3) is 22.2 Å². The summed E-state index contributed by atoms with van der Waals surface area (Å²) in [4.78, 5) is 4.83. The number of nitrogens with one attached hydrogen (secondary N) is 1. The zero-order chi connectivity index (χ0) is 16.6. The van der Waals surface area contributed by atoms with Gasteiger partial charge in [0.2, 0.25) is 0 Å².